The Hall–Kier alpha value is -2.37. The summed E-state index contributed by atoms with van der Waals surface area (Å²) in [6.07, 6.45) is 3.73. The van der Waals surface area contributed by atoms with E-state index in [0.29, 0.717) is 19.3 Å². The first kappa shape index (κ1) is 15.5. The number of carbonyl (C=O) groups is 3. The monoisotopic (exact) mass is 316 g/mol. The van der Waals surface area contributed by atoms with Gasteiger partial charge in [-0.3, -0.25) is 14.4 Å². The molecule has 0 bridgehead atoms. The van der Waals surface area contributed by atoms with Crippen LogP contribution in [0.3, 0.4) is 0 Å². The number of amides is 2. The van der Waals surface area contributed by atoms with Crippen LogP contribution in [-0.2, 0) is 32.0 Å². The number of hydrogen-bond acceptors (Lipinski definition) is 4. The third kappa shape index (κ3) is 3.88. The molecule has 122 valence electrons. The van der Waals surface area contributed by atoms with Crippen molar-refractivity contribution < 1.29 is 19.1 Å². The summed E-state index contributed by atoms with van der Waals surface area (Å²) >= 11 is 0. The van der Waals surface area contributed by atoms with Gasteiger partial charge in [-0.1, -0.05) is 12.1 Å². The highest BCUT2D eigenvalue weighted by atomic mass is 16.5. The topological polar surface area (TPSA) is 84.5 Å². The molecule has 1 saturated carbocycles. The molecular weight excluding hydrogens is 296 g/mol. The van der Waals surface area contributed by atoms with Crippen LogP contribution in [0, 0.1) is 0 Å². The zero-order chi connectivity index (χ0) is 16.2. The maximum Gasteiger partial charge on any atom is 0.293 e. The van der Waals surface area contributed by atoms with Crippen molar-refractivity contribution in [2.75, 3.05) is 5.32 Å². The molecule has 1 aromatic carbocycles. The van der Waals surface area contributed by atoms with Gasteiger partial charge in [-0.05, 0) is 36.5 Å². The summed E-state index contributed by atoms with van der Waals surface area (Å²) in [7, 11) is 0. The van der Waals surface area contributed by atoms with Gasteiger partial charge in [-0.2, -0.15) is 0 Å². The fourth-order valence-corrected chi connectivity index (χ4v) is 3.27. The molecule has 2 aliphatic rings. The fraction of sp³-hybridized carbons (Fsp3) is 0.471. The minimum absolute atomic E-state index is 0.0197. The van der Waals surface area contributed by atoms with Crippen LogP contribution in [0.5, 0.6) is 0 Å². The number of hydrogen-bond donors (Lipinski definition) is 2. The van der Waals surface area contributed by atoms with E-state index in [9.17, 15) is 14.4 Å². The Bertz CT molecular complexity index is 629. The predicted molar refractivity (Wildman–Crippen MR) is 83.8 cm³/mol. The van der Waals surface area contributed by atoms with Crippen molar-refractivity contribution in [3.8, 4) is 0 Å². The van der Waals surface area contributed by atoms with Gasteiger partial charge in [0.1, 0.15) is 6.10 Å². The van der Waals surface area contributed by atoms with Crippen LogP contribution >= 0.6 is 0 Å². The zero-order valence-electron chi connectivity index (χ0n) is 12.8. The number of nitrogens with one attached hydrogen (secondary N) is 2. The molecule has 6 nitrogen and oxygen atoms in total. The van der Waals surface area contributed by atoms with Gasteiger partial charge in [0.25, 0.3) is 6.47 Å². The Labute approximate surface area is 134 Å². The molecule has 2 N–H and O–H groups in total. The van der Waals surface area contributed by atoms with Crippen LogP contribution in [0.25, 0.3) is 0 Å². The van der Waals surface area contributed by atoms with E-state index in [0.717, 1.165) is 36.1 Å². The van der Waals surface area contributed by atoms with Gasteiger partial charge in [0.2, 0.25) is 11.8 Å². The molecule has 0 spiro atoms. The summed E-state index contributed by atoms with van der Waals surface area (Å²) in [5.41, 5.74) is 2.80. The standard InChI is InChI=1S/C17H20N2O4/c20-10-23-14-5-4-13(9-14)18-17(22)8-11-1-2-12-3-6-16(21)19-15(12)7-11/h1-2,7,10,13-14H,3-6,8-9H2,(H,18,22)(H,19,21). The second-order valence-electron chi connectivity index (χ2n) is 6.15. The lowest BCUT2D eigenvalue weighted by molar-refractivity contribution is -0.133. The Kier molecular flexibility index (Phi) is 4.60. The average Bonchev–Trinajstić information content (AvgIpc) is 2.94. The average molecular weight is 316 g/mol. The number of carbonyl (C=O) groups excluding carboxylic acids is 3. The first-order valence-corrected chi connectivity index (χ1v) is 7.94. The lowest BCUT2D eigenvalue weighted by Crippen LogP contribution is -2.34. The summed E-state index contributed by atoms with van der Waals surface area (Å²) in [5, 5.41) is 5.83. The maximum absolute atomic E-state index is 12.2. The molecule has 1 aliphatic carbocycles. The van der Waals surface area contributed by atoms with Crippen LogP contribution in [0.2, 0.25) is 0 Å². The molecule has 0 aromatic heterocycles. The van der Waals surface area contributed by atoms with E-state index in [1.807, 2.05) is 18.2 Å². The first-order chi connectivity index (χ1) is 11.1. The SMILES string of the molecule is O=COC1CCC(NC(=O)Cc2ccc3c(c2)NC(=O)CC3)C1. The lowest BCUT2D eigenvalue weighted by Gasteiger charge is -2.18. The number of fused-ring (bicyclic) bond motifs is 1. The van der Waals surface area contributed by atoms with E-state index < -0.39 is 0 Å². The Morgan fingerprint density at radius 3 is 3.04 bits per heavy atom. The Balaban J connectivity index is 1.55. The molecule has 0 radical (unpaired) electrons. The van der Waals surface area contributed by atoms with Crippen LogP contribution < -0.4 is 10.6 Å². The van der Waals surface area contributed by atoms with Crippen molar-refractivity contribution >= 4 is 24.0 Å². The second kappa shape index (κ2) is 6.81. The summed E-state index contributed by atoms with van der Waals surface area (Å²) < 4.78 is 4.93. The zero-order valence-corrected chi connectivity index (χ0v) is 12.8. The number of ether oxygens (including phenoxy) is 1. The molecule has 2 unspecified atom stereocenters. The minimum atomic E-state index is -0.0863. The first-order valence-electron chi connectivity index (χ1n) is 7.94. The normalized spacial score (nSPS) is 22.9. The van der Waals surface area contributed by atoms with Gasteiger partial charge < -0.3 is 15.4 Å². The molecule has 1 heterocycles. The van der Waals surface area contributed by atoms with Crippen LogP contribution in [-0.4, -0.2) is 30.4 Å². The largest absolute Gasteiger partial charge is 0.465 e. The molecule has 1 aromatic rings. The van der Waals surface area contributed by atoms with E-state index in [-0.39, 0.29) is 30.4 Å². The number of anilines is 1. The number of rotatable bonds is 5. The number of benzene rings is 1. The lowest BCUT2D eigenvalue weighted by atomic mass is 9.99. The van der Waals surface area contributed by atoms with Crippen molar-refractivity contribution in [1.29, 1.82) is 0 Å². The van der Waals surface area contributed by atoms with E-state index >= 15 is 0 Å². The maximum atomic E-state index is 12.2. The van der Waals surface area contributed by atoms with Crippen molar-refractivity contribution in [2.45, 2.75) is 50.7 Å². The number of aryl methyl sites for hydroxylation is 1. The van der Waals surface area contributed by atoms with Crippen LogP contribution in [0.15, 0.2) is 18.2 Å². The molecular formula is C17H20N2O4. The molecule has 3 rings (SSSR count). The molecule has 2 atom stereocenters. The summed E-state index contributed by atoms with van der Waals surface area (Å²) in [6.45, 7) is 0.469. The van der Waals surface area contributed by atoms with Gasteiger partial charge in [0, 0.05) is 24.6 Å². The van der Waals surface area contributed by atoms with Gasteiger partial charge in [0.15, 0.2) is 0 Å². The quantitative estimate of drug-likeness (QED) is 0.803. The van der Waals surface area contributed by atoms with E-state index in [1.165, 1.54) is 0 Å². The third-order valence-corrected chi connectivity index (χ3v) is 4.43. The summed E-state index contributed by atoms with van der Waals surface area (Å²) in [5.74, 6) is -0.0323. The van der Waals surface area contributed by atoms with Gasteiger partial charge >= 0.3 is 0 Å². The van der Waals surface area contributed by atoms with Crippen molar-refractivity contribution in [1.82, 2.24) is 5.32 Å². The smallest absolute Gasteiger partial charge is 0.293 e. The minimum Gasteiger partial charge on any atom is -0.465 e. The molecule has 1 fully saturated rings. The van der Waals surface area contributed by atoms with Gasteiger partial charge in [-0.25, -0.2) is 0 Å². The van der Waals surface area contributed by atoms with Crippen molar-refractivity contribution in [3.63, 3.8) is 0 Å². The Morgan fingerprint density at radius 1 is 1.35 bits per heavy atom. The van der Waals surface area contributed by atoms with E-state index in [4.69, 9.17) is 4.74 Å². The molecule has 0 saturated heterocycles. The summed E-state index contributed by atoms with van der Waals surface area (Å²) in [6, 6.07) is 5.84. The molecule has 6 heteroatoms. The Morgan fingerprint density at radius 2 is 2.22 bits per heavy atom. The molecule has 2 amide bonds. The summed E-state index contributed by atoms with van der Waals surface area (Å²) in [4.78, 5) is 33.9. The van der Waals surface area contributed by atoms with Gasteiger partial charge in [0.05, 0.1) is 6.42 Å². The third-order valence-electron chi connectivity index (χ3n) is 4.43. The highest BCUT2D eigenvalue weighted by Gasteiger charge is 2.27. The second-order valence-corrected chi connectivity index (χ2v) is 6.15. The fourth-order valence-electron chi connectivity index (χ4n) is 3.27. The highest BCUT2D eigenvalue weighted by Crippen LogP contribution is 2.24. The van der Waals surface area contributed by atoms with E-state index in [2.05, 4.69) is 10.6 Å². The van der Waals surface area contributed by atoms with E-state index in [1.54, 1.807) is 0 Å². The molecule has 23 heavy (non-hydrogen) atoms. The predicted octanol–water partition coefficient (Wildman–Crippen LogP) is 1.32. The van der Waals surface area contributed by atoms with Crippen molar-refractivity contribution in [2.24, 2.45) is 0 Å². The van der Waals surface area contributed by atoms with Crippen LogP contribution in [0.4, 0.5) is 5.69 Å². The highest BCUT2D eigenvalue weighted by molar-refractivity contribution is 5.94. The van der Waals surface area contributed by atoms with Crippen molar-refractivity contribution in [3.05, 3.63) is 29.3 Å². The molecule has 1 aliphatic heterocycles. The van der Waals surface area contributed by atoms with Crippen LogP contribution in [0.1, 0.15) is 36.8 Å². The van der Waals surface area contributed by atoms with Gasteiger partial charge in [-0.15, -0.1) is 0 Å².